The van der Waals surface area contributed by atoms with Crippen LogP contribution >= 0.6 is 11.6 Å². The first-order valence-corrected chi connectivity index (χ1v) is 7.87. The molecule has 0 bridgehead atoms. The number of benzene rings is 1. The third-order valence-corrected chi connectivity index (χ3v) is 4.69. The first-order valence-electron chi connectivity index (χ1n) is 6.06. The fraction of sp³-hybridized carbons (Fsp3) is 0.500. The summed E-state index contributed by atoms with van der Waals surface area (Å²) in [7, 11) is -1.96. The zero-order valence-electron chi connectivity index (χ0n) is 11.1. The molecule has 0 spiro atoms. The van der Waals surface area contributed by atoms with Crippen LogP contribution in [-0.2, 0) is 10.2 Å². The van der Waals surface area contributed by atoms with E-state index in [2.05, 4.69) is 4.72 Å². The summed E-state index contributed by atoms with van der Waals surface area (Å²) in [6.07, 6.45) is 0.632. The summed E-state index contributed by atoms with van der Waals surface area (Å²) in [5, 5.41) is 0.624. The first kappa shape index (κ1) is 16.4. The van der Waals surface area contributed by atoms with Gasteiger partial charge in [0.2, 0.25) is 0 Å². The van der Waals surface area contributed by atoms with E-state index in [-0.39, 0.29) is 6.04 Å². The van der Waals surface area contributed by atoms with Gasteiger partial charge in [-0.15, -0.1) is 0 Å². The molecule has 1 unspecified atom stereocenters. The minimum absolute atomic E-state index is 0.317. The van der Waals surface area contributed by atoms with Crippen LogP contribution in [0.25, 0.3) is 0 Å². The Hall–Kier alpha value is -0.660. The largest absolute Gasteiger partial charge is 0.330 e. The average Bonchev–Trinajstić information content (AvgIpc) is 2.36. The van der Waals surface area contributed by atoms with Crippen molar-refractivity contribution in [1.82, 2.24) is 9.03 Å². The predicted molar refractivity (Wildman–Crippen MR) is 78.2 cm³/mol. The highest BCUT2D eigenvalue weighted by Crippen LogP contribution is 2.17. The molecule has 1 aromatic carbocycles. The summed E-state index contributed by atoms with van der Waals surface area (Å²) in [6.45, 7) is 2.66. The third kappa shape index (κ3) is 5.08. The standard InChI is InChI=1S/C12H20ClN3O2S/c1-10(11-4-6-12(13)7-5-11)15-19(17,18)16(2)9-3-8-14/h4-7,10,15H,3,8-9,14H2,1-2H3. The molecule has 0 aliphatic carbocycles. The van der Waals surface area contributed by atoms with Crippen LogP contribution in [0.1, 0.15) is 24.9 Å². The molecule has 5 nitrogen and oxygen atoms in total. The fourth-order valence-electron chi connectivity index (χ4n) is 1.57. The second kappa shape index (κ2) is 7.21. The molecule has 19 heavy (non-hydrogen) atoms. The van der Waals surface area contributed by atoms with Gasteiger partial charge < -0.3 is 5.73 Å². The molecule has 0 radical (unpaired) electrons. The molecule has 1 aromatic rings. The molecule has 0 aromatic heterocycles. The first-order chi connectivity index (χ1) is 8.86. The maximum Gasteiger partial charge on any atom is 0.279 e. The van der Waals surface area contributed by atoms with Crippen LogP contribution in [-0.4, -0.2) is 32.9 Å². The third-order valence-electron chi connectivity index (χ3n) is 2.78. The SMILES string of the molecule is CC(NS(=O)(=O)N(C)CCCN)c1ccc(Cl)cc1. The van der Waals surface area contributed by atoms with Gasteiger partial charge in [0.05, 0.1) is 0 Å². The maximum absolute atomic E-state index is 12.0. The molecule has 0 amide bonds. The van der Waals surface area contributed by atoms with Crippen molar-refractivity contribution in [3.05, 3.63) is 34.9 Å². The molecule has 0 saturated heterocycles. The van der Waals surface area contributed by atoms with Crippen LogP contribution < -0.4 is 10.5 Å². The van der Waals surface area contributed by atoms with Crippen molar-refractivity contribution >= 4 is 21.8 Å². The Labute approximate surface area is 119 Å². The molecule has 0 fully saturated rings. The molecule has 0 aliphatic heterocycles. The average molecular weight is 306 g/mol. The smallest absolute Gasteiger partial charge is 0.279 e. The van der Waals surface area contributed by atoms with Crippen molar-refractivity contribution in [2.75, 3.05) is 20.1 Å². The highest BCUT2D eigenvalue weighted by Gasteiger charge is 2.20. The van der Waals surface area contributed by atoms with Crippen molar-refractivity contribution in [1.29, 1.82) is 0 Å². The summed E-state index contributed by atoms with van der Waals surface area (Å²) in [6, 6.07) is 6.76. The number of nitrogens with zero attached hydrogens (tertiary/aromatic N) is 1. The topological polar surface area (TPSA) is 75.4 Å². The molecule has 0 aliphatic rings. The van der Waals surface area contributed by atoms with Crippen LogP contribution in [0.3, 0.4) is 0 Å². The summed E-state index contributed by atoms with van der Waals surface area (Å²) >= 11 is 5.80. The lowest BCUT2D eigenvalue weighted by molar-refractivity contribution is 0.446. The van der Waals surface area contributed by atoms with Gasteiger partial charge in [-0.1, -0.05) is 23.7 Å². The molecule has 3 N–H and O–H groups in total. The normalized spacial score (nSPS) is 13.7. The van der Waals surface area contributed by atoms with Gasteiger partial charge in [0, 0.05) is 24.7 Å². The van der Waals surface area contributed by atoms with Crippen LogP contribution in [0.5, 0.6) is 0 Å². The Morgan fingerprint density at radius 3 is 2.47 bits per heavy atom. The number of nitrogens with two attached hydrogens (primary N) is 1. The number of halogens is 1. The van der Waals surface area contributed by atoms with Crippen molar-refractivity contribution < 1.29 is 8.42 Å². The minimum atomic E-state index is -3.50. The van der Waals surface area contributed by atoms with Crippen LogP contribution in [0, 0.1) is 0 Å². The Morgan fingerprint density at radius 1 is 1.37 bits per heavy atom. The lowest BCUT2D eigenvalue weighted by Crippen LogP contribution is -2.40. The summed E-state index contributed by atoms with van der Waals surface area (Å²) in [5.74, 6) is 0. The zero-order valence-corrected chi connectivity index (χ0v) is 12.7. The summed E-state index contributed by atoms with van der Waals surface area (Å²) in [5.41, 5.74) is 6.23. The molecule has 0 saturated carbocycles. The lowest BCUT2D eigenvalue weighted by Gasteiger charge is -2.21. The van der Waals surface area contributed by atoms with E-state index in [0.717, 1.165) is 5.56 Å². The van der Waals surface area contributed by atoms with E-state index >= 15 is 0 Å². The zero-order chi connectivity index (χ0) is 14.5. The quantitative estimate of drug-likeness (QED) is 0.802. The van der Waals surface area contributed by atoms with Gasteiger partial charge in [-0.25, -0.2) is 0 Å². The molecule has 1 atom stereocenters. The van der Waals surface area contributed by atoms with Crippen molar-refractivity contribution in [3.8, 4) is 0 Å². The fourth-order valence-corrected chi connectivity index (χ4v) is 2.83. The highest BCUT2D eigenvalue weighted by molar-refractivity contribution is 7.87. The van der Waals surface area contributed by atoms with Crippen molar-refractivity contribution in [3.63, 3.8) is 0 Å². The van der Waals surface area contributed by atoms with Gasteiger partial charge in [0.25, 0.3) is 10.2 Å². The van der Waals surface area contributed by atoms with Gasteiger partial charge in [-0.3, -0.25) is 0 Å². The Kier molecular flexibility index (Phi) is 6.22. The van der Waals surface area contributed by atoms with E-state index in [1.165, 1.54) is 11.4 Å². The van der Waals surface area contributed by atoms with Crippen molar-refractivity contribution in [2.24, 2.45) is 5.73 Å². The Morgan fingerprint density at radius 2 is 1.95 bits per heavy atom. The molecule has 7 heteroatoms. The van der Waals surface area contributed by atoms with Gasteiger partial charge >= 0.3 is 0 Å². The molecular formula is C12H20ClN3O2S. The van der Waals surface area contributed by atoms with Crippen LogP contribution in [0.15, 0.2) is 24.3 Å². The number of rotatable bonds is 7. The van der Waals surface area contributed by atoms with E-state index in [1.54, 1.807) is 31.2 Å². The Bertz CT molecular complexity index is 490. The second-order valence-corrected chi connectivity index (χ2v) is 6.61. The number of hydrogen-bond acceptors (Lipinski definition) is 3. The van der Waals surface area contributed by atoms with E-state index in [9.17, 15) is 8.42 Å². The van der Waals surface area contributed by atoms with Crippen LogP contribution in [0.2, 0.25) is 5.02 Å². The summed E-state index contributed by atoms with van der Waals surface area (Å²) < 4.78 is 28.0. The lowest BCUT2D eigenvalue weighted by atomic mass is 10.1. The monoisotopic (exact) mass is 305 g/mol. The van der Waals surface area contributed by atoms with E-state index < -0.39 is 10.2 Å². The maximum atomic E-state index is 12.0. The van der Waals surface area contributed by atoms with E-state index in [1.807, 2.05) is 0 Å². The predicted octanol–water partition coefficient (Wildman–Crippen LogP) is 1.52. The molecule has 108 valence electrons. The highest BCUT2D eigenvalue weighted by atomic mass is 35.5. The van der Waals surface area contributed by atoms with Gasteiger partial charge in [-0.2, -0.15) is 17.4 Å². The second-order valence-electron chi connectivity index (χ2n) is 4.36. The van der Waals surface area contributed by atoms with E-state index in [0.29, 0.717) is 24.5 Å². The molecule has 0 heterocycles. The van der Waals surface area contributed by atoms with Crippen molar-refractivity contribution in [2.45, 2.75) is 19.4 Å². The van der Waals surface area contributed by atoms with Gasteiger partial charge in [0.1, 0.15) is 0 Å². The molecule has 1 rings (SSSR count). The number of hydrogen-bond donors (Lipinski definition) is 2. The van der Waals surface area contributed by atoms with Gasteiger partial charge in [0.15, 0.2) is 0 Å². The summed E-state index contributed by atoms with van der Waals surface area (Å²) in [4.78, 5) is 0. The minimum Gasteiger partial charge on any atom is -0.330 e. The number of nitrogens with one attached hydrogen (secondary N) is 1. The molecular weight excluding hydrogens is 286 g/mol. The van der Waals surface area contributed by atoms with E-state index in [4.69, 9.17) is 17.3 Å². The van der Waals surface area contributed by atoms with Gasteiger partial charge in [-0.05, 0) is 37.6 Å². The Balaban J connectivity index is 2.69. The van der Waals surface area contributed by atoms with Crippen LogP contribution in [0.4, 0.5) is 0 Å².